The van der Waals surface area contributed by atoms with Crippen molar-refractivity contribution in [1.82, 2.24) is 20.0 Å². The Bertz CT molecular complexity index is 947. The molecule has 3 aromatic rings. The van der Waals surface area contributed by atoms with E-state index in [4.69, 9.17) is 4.74 Å². The topological polar surface area (TPSA) is 59.4 Å². The van der Waals surface area contributed by atoms with Crippen LogP contribution in [0.25, 0.3) is 5.69 Å². The largest absolute Gasteiger partial charge is 0.490 e. The molecule has 4 rings (SSSR count). The van der Waals surface area contributed by atoms with E-state index in [0.717, 1.165) is 35.4 Å². The van der Waals surface area contributed by atoms with Crippen LogP contribution >= 0.6 is 0 Å². The van der Waals surface area contributed by atoms with Gasteiger partial charge in [-0.15, -0.1) is 0 Å². The standard InChI is InChI=1S/C24H28N4O2/c1-27(17-20-16-26-28(18-20)21-7-3-2-4-8-21)24(29)25-15-19-11-13-23(14-12-19)30-22-9-5-6-10-22/h2-4,7-8,11-14,16,18,22H,5-6,9-10,15,17H2,1H3,(H,25,29). The lowest BCUT2D eigenvalue weighted by Gasteiger charge is -2.17. The zero-order chi connectivity index (χ0) is 20.8. The number of nitrogens with zero attached hydrogens (tertiary/aromatic N) is 3. The molecule has 2 amide bonds. The van der Waals surface area contributed by atoms with Gasteiger partial charge in [-0.05, 0) is 55.5 Å². The second kappa shape index (κ2) is 9.48. The van der Waals surface area contributed by atoms with Crippen LogP contribution in [0.5, 0.6) is 5.75 Å². The molecule has 1 heterocycles. The second-order valence-corrected chi connectivity index (χ2v) is 7.81. The number of aromatic nitrogens is 2. The van der Waals surface area contributed by atoms with Crippen LogP contribution in [0.15, 0.2) is 67.0 Å². The normalized spacial score (nSPS) is 13.9. The Labute approximate surface area is 177 Å². The second-order valence-electron chi connectivity index (χ2n) is 7.81. The summed E-state index contributed by atoms with van der Waals surface area (Å²) in [4.78, 5) is 14.1. The van der Waals surface area contributed by atoms with E-state index >= 15 is 0 Å². The highest BCUT2D eigenvalue weighted by atomic mass is 16.5. The highest BCUT2D eigenvalue weighted by Crippen LogP contribution is 2.24. The summed E-state index contributed by atoms with van der Waals surface area (Å²) in [5.74, 6) is 0.907. The first-order chi connectivity index (χ1) is 14.7. The number of hydrogen-bond donors (Lipinski definition) is 1. The highest BCUT2D eigenvalue weighted by Gasteiger charge is 2.16. The number of carbonyl (C=O) groups excluding carboxylic acids is 1. The van der Waals surface area contributed by atoms with Crippen LogP contribution in [0.1, 0.15) is 36.8 Å². The van der Waals surface area contributed by atoms with Gasteiger partial charge in [0.2, 0.25) is 0 Å². The maximum atomic E-state index is 12.5. The van der Waals surface area contributed by atoms with E-state index in [1.807, 2.05) is 65.5 Å². The van der Waals surface area contributed by atoms with Gasteiger partial charge in [0.15, 0.2) is 0 Å². The fraction of sp³-hybridized carbons (Fsp3) is 0.333. The number of hydrogen-bond acceptors (Lipinski definition) is 3. The molecule has 1 fully saturated rings. The highest BCUT2D eigenvalue weighted by molar-refractivity contribution is 5.73. The fourth-order valence-electron chi connectivity index (χ4n) is 3.71. The van der Waals surface area contributed by atoms with E-state index < -0.39 is 0 Å². The van der Waals surface area contributed by atoms with Gasteiger partial charge in [0.1, 0.15) is 5.75 Å². The molecule has 1 N–H and O–H groups in total. The van der Waals surface area contributed by atoms with Gasteiger partial charge >= 0.3 is 6.03 Å². The van der Waals surface area contributed by atoms with Crippen molar-refractivity contribution >= 4 is 6.03 Å². The molecule has 0 radical (unpaired) electrons. The molecule has 0 aliphatic heterocycles. The molecule has 2 aromatic carbocycles. The molecule has 1 aliphatic rings. The third-order valence-electron chi connectivity index (χ3n) is 5.40. The number of carbonyl (C=O) groups is 1. The molecule has 0 unspecified atom stereocenters. The fourth-order valence-corrected chi connectivity index (χ4v) is 3.71. The number of rotatable bonds is 7. The summed E-state index contributed by atoms with van der Waals surface area (Å²) in [5, 5.41) is 7.35. The first-order valence-corrected chi connectivity index (χ1v) is 10.5. The summed E-state index contributed by atoms with van der Waals surface area (Å²) in [6, 6.07) is 17.8. The van der Waals surface area contributed by atoms with Crippen LogP contribution < -0.4 is 10.1 Å². The first kappa shape index (κ1) is 20.0. The molecule has 1 aromatic heterocycles. The number of nitrogens with one attached hydrogen (secondary N) is 1. The number of amides is 2. The van der Waals surface area contributed by atoms with Gasteiger partial charge < -0.3 is 15.0 Å². The minimum absolute atomic E-state index is 0.117. The molecule has 0 atom stereocenters. The summed E-state index contributed by atoms with van der Waals surface area (Å²) in [7, 11) is 1.79. The molecule has 0 spiro atoms. The van der Waals surface area contributed by atoms with Crippen molar-refractivity contribution in [3.8, 4) is 11.4 Å². The summed E-state index contributed by atoms with van der Waals surface area (Å²) in [5.41, 5.74) is 3.02. The Kier molecular flexibility index (Phi) is 6.32. The number of para-hydroxylation sites is 1. The maximum Gasteiger partial charge on any atom is 0.317 e. The molecule has 0 saturated heterocycles. The zero-order valence-corrected chi connectivity index (χ0v) is 17.3. The lowest BCUT2D eigenvalue weighted by Crippen LogP contribution is -2.36. The van der Waals surface area contributed by atoms with E-state index in [9.17, 15) is 4.79 Å². The predicted octanol–water partition coefficient (Wildman–Crippen LogP) is 4.54. The van der Waals surface area contributed by atoms with E-state index in [2.05, 4.69) is 10.4 Å². The molecule has 1 saturated carbocycles. The van der Waals surface area contributed by atoms with Crippen LogP contribution in [-0.4, -0.2) is 33.9 Å². The van der Waals surface area contributed by atoms with Crippen molar-refractivity contribution < 1.29 is 9.53 Å². The smallest absolute Gasteiger partial charge is 0.317 e. The van der Waals surface area contributed by atoms with E-state index in [1.165, 1.54) is 12.8 Å². The summed E-state index contributed by atoms with van der Waals surface area (Å²) < 4.78 is 7.81. The predicted molar refractivity (Wildman–Crippen MR) is 117 cm³/mol. The lowest BCUT2D eigenvalue weighted by molar-refractivity contribution is 0.206. The molecule has 6 nitrogen and oxygen atoms in total. The van der Waals surface area contributed by atoms with Crippen molar-refractivity contribution in [2.75, 3.05) is 7.05 Å². The van der Waals surface area contributed by atoms with E-state index in [1.54, 1.807) is 18.1 Å². The first-order valence-electron chi connectivity index (χ1n) is 10.5. The Morgan fingerprint density at radius 3 is 2.57 bits per heavy atom. The average molecular weight is 405 g/mol. The minimum Gasteiger partial charge on any atom is -0.490 e. The summed E-state index contributed by atoms with van der Waals surface area (Å²) in [6.07, 6.45) is 8.91. The van der Waals surface area contributed by atoms with Crippen molar-refractivity contribution in [3.05, 3.63) is 78.1 Å². The Morgan fingerprint density at radius 1 is 1.10 bits per heavy atom. The monoisotopic (exact) mass is 404 g/mol. The SMILES string of the molecule is CN(Cc1cnn(-c2ccccc2)c1)C(=O)NCc1ccc(OC2CCCC2)cc1. The van der Waals surface area contributed by atoms with Gasteiger partial charge in [0.25, 0.3) is 0 Å². The van der Waals surface area contributed by atoms with Gasteiger partial charge in [0, 0.05) is 25.4 Å². The Morgan fingerprint density at radius 2 is 1.83 bits per heavy atom. The molecule has 0 bridgehead atoms. The molecule has 6 heteroatoms. The summed E-state index contributed by atoms with van der Waals surface area (Å²) >= 11 is 0. The molecule has 30 heavy (non-hydrogen) atoms. The van der Waals surface area contributed by atoms with Crippen LogP contribution in [0.3, 0.4) is 0 Å². The van der Waals surface area contributed by atoms with Crippen LogP contribution in [0.2, 0.25) is 0 Å². The minimum atomic E-state index is -0.117. The van der Waals surface area contributed by atoms with Gasteiger partial charge in [-0.3, -0.25) is 0 Å². The third kappa shape index (κ3) is 5.20. The van der Waals surface area contributed by atoms with Gasteiger partial charge in [-0.1, -0.05) is 30.3 Å². The van der Waals surface area contributed by atoms with Crippen LogP contribution in [0, 0.1) is 0 Å². The number of benzene rings is 2. The average Bonchev–Trinajstić information content (AvgIpc) is 3.46. The summed E-state index contributed by atoms with van der Waals surface area (Å²) in [6.45, 7) is 0.975. The molecule has 1 aliphatic carbocycles. The molecular formula is C24H28N4O2. The van der Waals surface area contributed by atoms with Crippen molar-refractivity contribution in [2.24, 2.45) is 0 Å². The zero-order valence-electron chi connectivity index (χ0n) is 17.3. The quantitative estimate of drug-likeness (QED) is 0.629. The number of ether oxygens (including phenoxy) is 1. The van der Waals surface area contributed by atoms with E-state index in [0.29, 0.717) is 19.2 Å². The third-order valence-corrected chi connectivity index (χ3v) is 5.40. The Hall–Kier alpha value is -3.28. The maximum absolute atomic E-state index is 12.5. The van der Waals surface area contributed by atoms with Gasteiger partial charge in [0.05, 0.1) is 24.5 Å². The molecule has 156 valence electrons. The van der Waals surface area contributed by atoms with Crippen LogP contribution in [-0.2, 0) is 13.1 Å². The van der Waals surface area contributed by atoms with Crippen LogP contribution in [0.4, 0.5) is 4.79 Å². The van der Waals surface area contributed by atoms with Crippen molar-refractivity contribution in [1.29, 1.82) is 0 Å². The van der Waals surface area contributed by atoms with E-state index in [-0.39, 0.29) is 6.03 Å². The Balaban J connectivity index is 1.25. The van der Waals surface area contributed by atoms with Gasteiger partial charge in [-0.25, -0.2) is 9.48 Å². The van der Waals surface area contributed by atoms with Crippen molar-refractivity contribution in [3.63, 3.8) is 0 Å². The van der Waals surface area contributed by atoms with Gasteiger partial charge in [-0.2, -0.15) is 5.10 Å². The lowest BCUT2D eigenvalue weighted by atomic mass is 10.2. The number of urea groups is 1. The molecular weight excluding hydrogens is 376 g/mol. The van der Waals surface area contributed by atoms with Crippen molar-refractivity contribution in [2.45, 2.75) is 44.9 Å².